The maximum atomic E-state index is 12.8. The zero-order valence-corrected chi connectivity index (χ0v) is 17.4. The Bertz CT molecular complexity index is 1210. The Morgan fingerprint density at radius 1 is 1.17 bits per heavy atom. The molecule has 2 aromatic carbocycles. The van der Waals surface area contributed by atoms with Crippen molar-refractivity contribution in [1.82, 2.24) is 9.88 Å². The minimum Gasteiger partial charge on any atom is -0.481 e. The first-order valence-electron chi connectivity index (χ1n) is 9.34. The van der Waals surface area contributed by atoms with E-state index in [0.29, 0.717) is 35.2 Å². The number of thiazole rings is 1. The van der Waals surface area contributed by atoms with E-state index >= 15 is 0 Å². The Balaban J connectivity index is 1.55. The number of piperidine rings is 1. The number of aromatic nitrogens is 1. The molecule has 1 fully saturated rings. The normalized spacial score (nSPS) is 17.1. The zero-order chi connectivity index (χ0) is 21.3. The van der Waals surface area contributed by atoms with Gasteiger partial charge in [-0.15, -0.1) is 0 Å². The maximum absolute atomic E-state index is 12.8. The quantitative estimate of drug-likeness (QED) is 0.623. The molecule has 4 rings (SSSR count). The second kappa shape index (κ2) is 8.04. The highest BCUT2D eigenvalue weighted by Gasteiger charge is 2.29. The number of hydrogen-bond acceptors (Lipinski definition) is 6. The van der Waals surface area contributed by atoms with Crippen LogP contribution in [0.3, 0.4) is 0 Å². The van der Waals surface area contributed by atoms with Gasteiger partial charge in [-0.25, -0.2) is 13.4 Å². The number of carbonyl (C=O) groups is 2. The molecule has 1 amide bonds. The molecule has 156 valence electrons. The minimum atomic E-state index is -3.75. The average molecular weight is 446 g/mol. The fourth-order valence-corrected chi connectivity index (χ4v) is 5.58. The number of sulfonamides is 1. The summed E-state index contributed by atoms with van der Waals surface area (Å²) < 4.78 is 28.1. The zero-order valence-electron chi connectivity index (χ0n) is 15.8. The number of fused-ring (bicyclic) bond motifs is 1. The molecule has 0 radical (unpaired) electrons. The SMILES string of the molecule is O=C(O)[C@H]1CCCN(C(=O)c2ccc3nc(NS(=O)(=O)c4ccccc4)sc3c2)C1. The van der Waals surface area contributed by atoms with Crippen LogP contribution in [0.4, 0.5) is 5.13 Å². The van der Waals surface area contributed by atoms with Gasteiger partial charge in [-0.1, -0.05) is 29.5 Å². The van der Waals surface area contributed by atoms with E-state index in [1.165, 1.54) is 12.1 Å². The molecule has 8 nitrogen and oxygen atoms in total. The Morgan fingerprint density at radius 2 is 1.93 bits per heavy atom. The van der Waals surface area contributed by atoms with E-state index < -0.39 is 21.9 Å². The van der Waals surface area contributed by atoms with Crippen LogP contribution in [0.25, 0.3) is 10.2 Å². The number of nitrogens with one attached hydrogen (secondary N) is 1. The lowest BCUT2D eigenvalue weighted by Crippen LogP contribution is -2.42. The van der Waals surface area contributed by atoms with Crippen molar-refractivity contribution < 1.29 is 23.1 Å². The molecular formula is C20H19N3O5S2. The Hall–Kier alpha value is -2.98. The second-order valence-corrected chi connectivity index (χ2v) is 9.76. The monoisotopic (exact) mass is 445 g/mol. The van der Waals surface area contributed by atoms with Gasteiger partial charge in [0.2, 0.25) is 0 Å². The number of carboxylic acid groups (broad SMARTS) is 1. The number of benzene rings is 2. The molecule has 1 aromatic heterocycles. The van der Waals surface area contributed by atoms with Crippen molar-refractivity contribution in [2.75, 3.05) is 17.8 Å². The van der Waals surface area contributed by atoms with Gasteiger partial charge < -0.3 is 10.0 Å². The van der Waals surface area contributed by atoms with Crippen LogP contribution >= 0.6 is 11.3 Å². The summed E-state index contributed by atoms with van der Waals surface area (Å²) in [6, 6.07) is 13.0. The average Bonchev–Trinajstić information content (AvgIpc) is 3.14. The van der Waals surface area contributed by atoms with Crippen molar-refractivity contribution in [2.45, 2.75) is 17.7 Å². The first-order chi connectivity index (χ1) is 14.3. The van der Waals surface area contributed by atoms with Crippen LogP contribution in [0.5, 0.6) is 0 Å². The van der Waals surface area contributed by atoms with Crippen LogP contribution in [-0.2, 0) is 14.8 Å². The van der Waals surface area contributed by atoms with Crippen LogP contribution in [-0.4, -0.2) is 48.4 Å². The van der Waals surface area contributed by atoms with Crippen LogP contribution in [0.15, 0.2) is 53.4 Å². The standard InChI is InChI=1S/C20H19N3O5S2/c24-18(23-10-4-5-14(12-23)19(25)26)13-8-9-16-17(11-13)29-20(21-16)22-30(27,28)15-6-2-1-3-7-15/h1-3,6-9,11,14H,4-5,10,12H2,(H,21,22)(H,25,26)/t14-/m0/s1. The summed E-state index contributed by atoms with van der Waals surface area (Å²) in [5.41, 5.74) is 0.999. The van der Waals surface area contributed by atoms with E-state index in [-0.39, 0.29) is 22.5 Å². The summed E-state index contributed by atoms with van der Waals surface area (Å²) in [5.74, 6) is -1.67. The molecule has 2 N–H and O–H groups in total. The molecule has 1 aliphatic heterocycles. The molecule has 1 saturated heterocycles. The van der Waals surface area contributed by atoms with E-state index in [1.807, 2.05) is 0 Å². The molecule has 10 heteroatoms. The molecular weight excluding hydrogens is 426 g/mol. The van der Waals surface area contributed by atoms with Crippen LogP contribution in [0, 0.1) is 5.92 Å². The van der Waals surface area contributed by atoms with Crippen molar-refractivity contribution in [3.8, 4) is 0 Å². The number of carboxylic acids is 1. The molecule has 2 heterocycles. The Kier molecular flexibility index (Phi) is 5.44. The second-order valence-electron chi connectivity index (χ2n) is 7.05. The van der Waals surface area contributed by atoms with Gasteiger partial charge in [-0.2, -0.15) is 0 Å². The van der Waals surface area contributed by atoms with Gasteiger partial charge in [-0.05, 0) is 43.2 Å². The van der Waals surface area contributed by atoms with Crippen molar-refractivity contribution in [2.24, 2.45) is 5.92 Å². The van der Waals surface area contributed by atoms with Gasteiger partial charge in [0.15, 0.2) is 5.13 Å². The lowest BCUT2D eigenvalue weighted by Gasteiger charge is -2.30. The highest BCUT2D eigenvalue weighted by Crippen LogP contribution is 2.29. The molecule has 0 spiro atoms. The Morgan fingerprint density at radius 3 is 2.67 bits per heavy atom. The van der Waals surface area contributed by atoms with Crippen molar-refractivity contribution in [3.63, 3.8) is 0 Å². The number of nitrogens with zero attached hydrogens (tertiary/aromatic N) is 2. The summed E-state index contributed by atoms with van der Waals surface area (Å²) in [7, 11) is -3.75. The van der Waals surface area contributed by atoms with Gasteiger partial charge in [0.05, 0.1) is 21.0 Å². The van der Waals surface area contributed by atoms with E-state index in [9.17, 15) is 23.1 Å². The van der Waals surface area contributed by atoms with Crippen LogP contribution in [0.1, 0.15) is 23.2 Å². The third-order valence-electron chi connectivity index (χ3n) is 4.97. The first kappa shape index (κ1) is 20.3. The summed E-state index contributed by atoms with van der Waals surface area (Å²) in [6.45, 7) is 0.711. The van der Waals surface area contributed by atoms with E-state index in [1.54, 1.807) is 41.3 Å². The molecule has 0 saturated carbocycles. The highest BCUT2D eigenvalue weighted by atomic mass is 32.2. The number of rotatable bonds is 5. The van der Waals surface area contributed by atoms with Crippen molar-refractivity contribution in [3.05, 3.63) is 54.1 Å². The highest BCUT2D eigenvalue weighted by molar-refractivity contribution is 7.93. The third kappa shape index (κ3) is 4.14. The molecule has 1 aliphatic rings. The molecule has 1 atom stereocenters. The first-order valence-corrected chi connectivity index (χ1v) is 11.6. The van der Waals surface area contributed by atoms with Gasteiger partial charge >= 0.3 is 5.97 Å². The van der Waals surface area contributed by atoms with Gasteiger partial charge in [0.25, 0.3) is 15.9 Å². The number of anilines is 1. The molecule has 3 aromatic rings. The van der Waals surface area contributed by atoms with E-state index in [4.69, 9.17) is 0 Å². The summed E-state index contributed by atoms with van der Waals surface area (Å²) >= 11 is 1.14. The lowest BCUT2D eigenvalue weighted by atomic mass is 9.97. The minimum absolute atomic E-state index is 0.137. The number of aliphatic carboxylic acids is 1. The molecule has 0 unspecified atom stereocenters. The Labute approximate surface area is 177 Å². The van der Waals surface area contributed by atoms with Crippen molar-refractivity contribution >= 4 is 48.6 Å². The van der Waals surface area contributed by atoms with Crippen LogP contribution in [0.2, 0.25) is 0 Å². The summed E-state index contributed by atoms with van der Waals surface area (Å²) in [4.78, 5) is 30.1. The fraction of sp³-hybridized carbons (Fsp3) is 0.250. The fourth-order valence-electron chi connectivity index (χ4n) is 3.42. The summed E-state index contributed by atoms with van der Waals surface area (Å²) in [6.07, 6.45) is 1.22. The molecule has 30 heavy (non-hydrogen) atoms. The van der Waals surface area contributed by atoms with Crippen molar-refractivity contribution in [1.29, 1.82) is 0 Å². The summed E-state index contributed by atoms with van der Waals surface area (Å²) in [5, 5.41) is 9.44. The number of carbonyl (C=O) groups excluding carboxylic acids is 1. The third-order valence-corrected chi connectivity index (χ3v) is 7.39. The van der Waals surface area contributed by atoms with E-state index in [2.05, 4.69) is 9.71 Å². The van der Waals surface area contributed by atoms with E-state index in [0.717, 1.165) is 11.3 Å². The van der Waals surface area contributed by atoms with Gasteiger partial charge in [-0.3, -0.25) is 14.3 Å². The lowest BCUT2D eigenvalue weighted by molar-refractivity contribution is -0.143. The molecule has 0 bridgehead atoms. The van der Waals surface area contributed by atoms with Crippen LogP contribution < -0.4 is 4.72 Å². The van der Waals surface area contributed by atoms with Gasteiger partial charge in [0.1, 0.15) is 0 Å². The number of amides is 1. The van der Waals surface area contributed by atoms with Gasteiger partial charge in [0, 0.05) is 18.7 Å². The largest absolute Gasteiger partial charge is 0.481 e. The predicted octanol–water partition coefficient (Wildman–Crippen LogP) is 3.03. The number of hydrogen-bond donors (Lipinski definition) is 2. The topological polar surface area (TPSA) is 117 Å². The number of likely N-dealkylation sites (tertiary alicyclic amines) is 1. The molecule has 0 aliphatic carbocycles. The predicted molar refractivity (Wildman–Crippen MR) is 113 cm³/mol. The maximum Gasteiger partial charge on any atom is 0.308 e. The smallest absolute Gasteiger partial charge is 0.308 e.